The van der Waals surface area contributed by atoms with Gasteiger partial charge in [-0.1, -0.05) is 0 Å². The Morgan fingerprint density at radius 1 is 1.56 bits per heavy atom. The van der Waals surface area contributed by atoms with Crippen LogP contribution in [-0.4, -0.2) is 57.7 Å². The van der Waals surface area contributed by atoms with Crippen molar-refractivity contribution in [3.63, 3.8) is 0 Å². The summed E-state index contributed by atoms with van der Waals surface area (Å²) in [4.78, 5) is 18.4. The molecule has 2 saturated heterocycles. The van der Waals surface area contributed by atoms with Gasteiger partial charge >= 0.3 is 0 Å². The van der Waals surface area contributed by atoms with E-state index in [4.69, 9.17) is 4.74 Å². The second-order valence-electron chi connectivity index (χ2n) is 4.87. The standard InChI is InChI=1S/C12H17N3O2S/c1-17-12(2-5-18-8-12)11(16)15-6-10(7-15)14-4-3-13-9-14/h3-4,9-10H,2,5-8H2,1H3. The second-order valence-corrected chi connectivity index (χ2v) is 5.98. The van der Waals surface area contributed by atoms with Crippen LogP contribution in [0.25, 0.3) is 0 Å². The van der Waals surface area contributed by atoms with Crippen LogP contribution in [-0.2, 0) is 9.53 Å². The van der Waals surface area contributed by atoms with Crippen LogP contribution in [0.4, 0.5) is 0 Å². The van der Waals surface area contributed by atoms with Gasteiger partial charge in [0.2, 0.25) is 0 Å². The molecule has 0 aromatic carbocycles. The molecule has 1 aromatic heterocycles. The van der Waals surface area contributed by atoms with E-state index in [1.54, 1.807) is 25.1 Å². The fourth-order valence-corrected chi connectivity index (χ4v) is 3.88. The lowest BCUT2D eigenvalue weighted by Gasteiger charge is -2.43. The van der Waals surface area contributed by atoms with Crippen LogP contribution < -0.4 is 0 Å². The van der Waals surface area contributed by atoms with Crippen LogP contribution >= 0.6 is 11.8 Å². The van der Waals surface area contributed by atoms with E-state index in [9.17, 15) is 4.79 Å². The molecule has 1 aromatic rings. The van der Waals surface area contributed by atoms with Crippen molar-refractivity contribution in [2.45, 2.75) is 18.1 Å². The fraction of sp³-hybridized carbons (Fsp3) is 0.667. The van der Waals surface area contributed by atoms with Gasteiger partial charge in [0.15, 0.2) is 5.60 Å². The summed E-state index contributed by atoms with van der Waals surface area (Å²) in [6.07, 6.45) is 6.36. The molecule has 2 aliphatic heterocycles. The molecule has 1 unspecified atom stereocenters. The van der Waals surface area contributed by atoms with Crippen molar-refractivity contribution in [1.82, 2.24) is 14.5 Å². The summed E-state index contributed by atoms with van der Waals surface area (Å²) in [5.74, 6) is 1.96. The zero-order valence-corrected chi connectivity index (χ0v) is 11.2. The fourth-order valence-electron chi connectivity index (χ4n) is 2.55. The Morgan fingerprint density at radius 3 is 2.94 bits per heavy atom. The topological polar surface area (TPSA) is 47.4 Å². The number of thioether (sulfide) groups is 1. The third kappa shape index (κ3) is 1.83. The minimum absolute atomic E-state index is 0.159. The van der Waals surface area contributed by atoms with Gasteiger partial charge in [-0.15, -0.1) is 0 Å². The van der Waals surface area contributed by atoms with Crippen LogP contribution in [0.5, 0.6) is 0 Å². The van der Waals surface area contributed by atoms with E-state index >= 15 is 0 Å². The lowest BCUT2D eigenvalue weighted by molar-refractivity contribution is -0.158. The quantitative estimate of drug-likeness (QED) is 0.812. The van der Waals surface area contributed by atoms with E-state index in [0.29, 0.717) is 6.04 Å². The van der Waals surface area contributed by atoms with Gasteiger partial charge in [0.05, 0.1) is 12.4 Å². The highest BCUT2D eigenvalue weighted by Gasteiger charge is 2.47. The Bertz CT molecular complexity index is 423. The summed E-state index contributed by atoms with van der Waals surface area (Å²) in [7, 11) is 1.65. The number of hydrogen-bond acceptors (Lipinski definition) is 4. The molecule has 0 radical (unpaired) electrons. The monoisotopic (exact) mass is 267 g/mol. The molecule has 3 heterocycles. The highest BCUT2D eigenvalue weighted by molar-refractivity contribution is 7.99. The molecule has 0 bridgehead atoms. The maximum absolute atomic E-state index is 12.5. The first kappa shape index (κ1) is 12.0. The molecule has 3 rings (SSSR count). The third-order valence-electron chi connectivity index (χ3n) is 3.86. The molecule has 2 aliphatic rings. The zero-order chi connectivity index (χ0) is 12.6. The Hall–Kier alpha value is -1.01. The number of nitrogens with zero attached hydrogens (tertiary/aromatic N) is 3. The van der Waals surface area contributed by atoms with Crippen molar-refractivity contribution in [3.8, 4) is 0 Å². The summed E-state index contributed by atoms with van der Waals surface area (Å²) in [6.45, 7) is 1.54. The molecule has 18 heavy (non-hydrogen) atoms. The summed E-state index contributed by atoms with van der Waals surface area (Å²) >= 11 is 1.80. The average molecular weight is 267 g/mol. The lowest BCUT2D eigenvalue weighted by Crippen LogP contribution is -2.59. The van der Waals surface area contributed by atoms with E-state index in [1.165, 1.54) is 0 Å². The van der Waals surface area contributed by atoms with Gasteiger partial charge in [0.1, 0.15) is 0 Å². The molecule has 98 valence electrons. The van der Waals surface area contributed by atoms with Gasteiger partial charge in [-0.2, -0.15) is 11.8 Å². The van der Waals surface area contributed by atoms with Gasteiger partial charge in [-0.3, -0.25) is 4.79 Å². The van der Waals surface area contributed by atoms with Gasteiger partial charge in [0.25, 0.3) is 5.91 Å². The maximum Gasteiger partial charge on any atom is 0.255 e. The van der Waals surface area contributed by atoms with Crippen molar-refractivity contribution in [1.29, 1.82) is 0 Å². The van der Waals surface area contributed by atoms with Gasteiger partial charge < -0.3 is 14.2 Å². The van der Waals surface area contributed by atoms with Crippen molar-refractivity contribution in [3.05, 3.63) is 18.7 Å². The predicted octanol–water partition coefficient (Wildman–Crippen LogP) is 0.788. The number of carbonyl (C=O) groups is 1. The molecular formula is C12H17N3O2S. The highest BCUT2D eigenvalue weighted by atomic mass is 32.2. The smallest absolute Gasteiger partial charge is 0.255 e. The van der Waals surface area contributed by atoms with Crippen molar-refractivity contribution < 1.29 is 9.53 Å². The Labute approximate surface area is 111 Å². The number of aromatic nitrogens is 2. The number of imidazole rings is 1. The normalized spacial score (nSPS) is 28.4. The maximum atomic E-state index is 12.5. The number of ether oxygens (including phenoxy) is 1. The molecule has 0 aliphatic carbocycles. The summed E-state index contributed by atoms with van der Waals surface area (Å²) in [5.41, 5.74) is -0.565. The van der Waals surface area contributed by atoms with Crippen molar-refractivity contribution >= 4 is 17.7 Å². The molecule has 0 N–H and O–H groups in total. The minimum Gasteiger partial charge on any atom is -0.367 e. The first-order chi connectivity index (χ1) is 8.75. The van der Waals surface area contributed by atoms with E-state index in [1.807, 2.05) is 17.4 Å². The number of likely N-dealkylation sites (tertiary alicyclic amines) is 1. The lowest BCUT2D eigenvalue weighted by atomic mass is 9.97. The summed E-state index contributed by atoms with van der Waals surface area (Å²) < 4.78 is 7.57. The summed E-state index contributed by atoms with van der Waals surface area (Å²) in [5, 5.41) is 0. The molecule has 0 spiro atoms. The first-order valence-corrected chi connectivity index (χ1v) is 7.30. The van der Waals surface area contributed by atoms with Crippen LogP contribution in [0.1, 0.15) is 12.5 Å². The number of amides is 1. The Kier molecular flexibility index (Phi) is 3.07. The Morgan fingerprint density at radius 2 is 2.39 bits per heavy atom. The van der Waals surface area contributed by atoms with Gasteiger partial charge in [-0.25, -0.2) is 4.98 Å². The van der Waals surface area contributed by atoms with Crippen LogP contribution in [0.3, 0.4) is 0 Å². The second kappa shape index (κ2) is 4.59. The Balaban J connectivity index is 1.62. The molecule has 0 saturated carbocycles. The van der Waals surface area contributed by atoms with E-state index < -0.39 is 5.60 Å². The van der Waals surface area contributed by atoms with Gasteiger partial charge in [0, 0.05) is 38.3 Å². The number of hydrogen-bond donors (Lipinski definition) is 0. The van der Waals surface area contributed by atoms with E-state index in [2.05, 4.69) is 9.55 Å². The number of rotatable bonds is 3. The third-order valence-corrected chi connectivity index (χ3v) is 5.03. The van der Waals surface area contributed by atoms with Crippen molar-refractivity contribution in [2.75, 3.05) is 31.7 Å². The summed E-state index contributed by atoms with van der Waals surface area (Å²) in [6, 6.07) is 0.374. The predicted molar refractivity (Wildman–Crippen MR) is 69.5 cm³/mol. The van der Waals surface area contributed by atoms with E-state index in [0.717, 1.165) is 31.0 Å². The van der Waals surface area contributed by atoms with Crippen LogP contribution in [0.15, 0.2) is 18.7 Å². The molecule has 1 atom stereocenters. The van der Waals surface area contributed by atoms with Crippen LogP contribution in [0, 0.1) is 0 Å². The van der Waals surface area contributed by atoms with Crippen molar-refractivity contribution in [2.24, 2.45) is 0 Å². The number of methoxy groups -OCH3 is 1. The molecular weight excluding hydrogens is 250 g/mol. The molecule has 1 amide bonds. The number of carbonyl (C=O) groups excluding carboxylic acids is 1. The van der Waals surface area contributed by atoms with E-state index in [-0.39, 0.29) is 5.91 Å². The molecule has 2 fully saturated rings. The zero-order valence-electron chi connectivity index (χ0n) is 10.4. The van der Waals surface area contributed by atoms with Crippen LogP contribution in [0.2, 0.25) is 0 Å². The minimum atomic E-state index is -0.565. The molecule has 6 heteroatoms. The largest absolute Gasteiger partial charge is 0.367 e. The average Bonchev–Trinajstić information content (AvgIpc) is 2.98. The highest BCUT2D eigenvalue weighted by Crippen LogP contribution is 2.35. The SMILES string of the molecule is COC1(C(=O)N2CC(n3ccnc3)C2)CCSC1. The first-order valence-electron chi connectivity index (χ1n) is 6.15. The van der Waals surface area contributed by atoms with Gasteiger partial charge in [-0.05, 0) is 12.2 Å². The molecule has 5 nitrogen and oxygen atoms in total.